The van der Waals surface area contributed by atoms with E-state index in [0.29, 0.717) is 18.5 Å². The average Bonchev–Trinajstić information content (AvgIpc) is 3.10. The summed E-state index contributed by atoms with van der Waals surface area (Å²) >= 11 is 3.49. The standard InChI is InChI=1S/C38H42BrN3O4S/c1-2-31-16-12-13-21-35(31)42(47(45,46)34-19-10-5-11-20-34)28-37(43)41(27-30-22-24-32(39)25-23-30)36(26-29-14-6-3-7-15-29)38(44)40-33-17-8-4-9-18-33/h3,5-7,10-16,19-25,33,36H,2,4,8-9,17-18,26-28H2,1H3,(H,40,44)/t36-/m1/s1. The number of nitrogens with one attached hydrogen (secondary N) is 1. The van der Waals surface area contributed by atoms with Crippen LogP contribution in [0.2, 0.25) is 0 Å². The fraction of sp³-hybridized carbons (Fsp3) is 0.316. The van der Waals surface area contributed by atoms with Gasteiger partial charge in [0.2, 0.25) is 11.8 Å². The second-order valence-electron chi connectivity index (χ2n) is 12.0. The van der Waals surface area contributed by atoms with Gasteiger partial charge in [-0.2, -0.15) is 0 Å². The van der Waals surface area contributed by atoms with Crippen LogP contribution in [0.25, 0.3) is 0 Å². The molecule has 1 saturated carbocycles. The summed E-state index contributed by atoms with van der Waals surface area (Å²) in [6.45, 7) is 1.63. The summed E-state index contributed by atoms with van der Waals surface area (Å²) in [6, 6.07) is 31.9. The molecule has 9 heteroatoms. The Kier molecular flexibility index (Phi) is 11.9. The van der Waals surface area contributed by atoms with Crippen LogP contribution in [0.15, 0.2) is 119 Å². The molecular weight excluding hydrogens is 674 g/mol. The fourth-order valence-corrected chi connectivity index (χ4v) is 7.91. The lowest BCUT2D eigenvalue weighted by Gasteiger charge is -2.35. The van der Waals surface area contributed by atoms with Crippen molar-refractivity contribution in [3.8, 4) is 0 Å². The van der Waals surface area contributed by atoms with E-state index in [1.165, 1.54) is 16.4 Å². The number of carbonyl (C=O) groups excluding carboxylic acids is 2. The molecule has 0 bridgehead atoms. The van der Waals surface area contributed by atoms with Crippen molar-refractivity contribution in [2.75, 3.05) is 10.8 Å². The number of aryl methyl sites for hydroxylation is 1. The molecule has 1 N–H and O–H groups in total. The van der Waals surface area contributed by atoms with E-state index in [1.807, 2.05) is 73.7 Å². The number of halogens is 1. The third-order valence-electron chi connectivity index (χ3n) is 8.74. The second kappa shape index (κ2) is 16.2. The quantitative estimate of drug-likeness (QED) is 0.158. The van der Waals surface area contributed by atoms with Crippen LogP contribution in [0.4, 0.5) is 5.69 Å². The smallest absolute Gasteiger partial charge is 0.264 e. The van der Waals surface area contributed by atoms with Gasteiger partial charge >= 0.3 is 0 Å². The molecule has 0 heterocycles. The lowest BCUT2D eigenvalue weighted by molar-refractivity contribution is -0.140. The normalized spacial score (nSPS) is 14.3. The van der Waals surface area contributed by atoms with Crippen molar-refractivity contribution in [2.24, 2.45) is 0 Å². The number of para-hydroxylation sites is 1. The molecule has 4 aromatic rings. The van der Waals surface area contributed by atoms with Gasteiger partial charge in [-0.05, 0) is 66.3 Å². The Balaban J connectivity index is 1.57. The van der Waals surface area contributed by atoms with Crippen molar-refractivity contribution in [1.82, 2.24) is 10.2 Å². The van der Waals surface area contributed by atoms with Gasteiger partial charge in [0.05, 0.1) is 10.6 Å². The molecule has 246 valence electrons. The maximum Gasteiger partial charge on any atom is 0.264 e. The third-order valence-corrected chi connectivity index (χ3v) is 11.0. The van der Waals surface area contributed by atoms with E-state index < -0.39 is 28.5 Å². The molecule has 1 atom stereocenters. The minimum Gasteiger partial charge on any atom is -0.352 e. The minimum absolute atomic E-state index is 0.0468. The van der Waals surface area contributed by atoms with Gasteiger partial charge < -0.3 is 10.2 Å². The van der Waals surface area contributed by atoms with E-state index in [2.05, 4.69) is 21.2 Å². The molecule has 2 amide bonds. The fourth-order valence-electron chi connectivity index (χ4n) is 6.17. The van der Waals surface area contributed by atoms with Gasteiger partial charge in [-0.3, -0.25) is 13.9 Å². The van der Waals surface area contributed by atoms with E-state index in [-0.39, 0.29) is 23.4 Å². The first-order valence-corrected chi connectivity index (χ1v) is 18.5. The predicted octanol–water partition coefficient (Wildman–Crippen LogP) is 7.30. The first-order chi connectivity index (χ1) is 22.8. The summed E-state index contributed by atoms with van der Waals surface area (Å²) < 4.78 is 30.7. The Morgan fingerprint density at radius 2 is 1.43 bits per heavy atom. The molecule has 0 radical (unpaired) electrons. The summed E-state index contributed by atoms with van der Waals surface area (Å²) in [5.74, 6) is -0.685. The van der Waals surface area contributed by atoms with Crippen molar-refractivity contribution in [1.29, 1.82) is 0 Å². The second-order valence-corrected chi connectivity index (χ2v) is 14.8. The Morgan fingerprint density at radius 1 is 0.809 bits per heavy atom. The average molecular weight is 717 g/mol. The highest BCUT2D eigenvalue weighted by Gasteiger charge is 2.35. The molecule has 47 heavy (non-hydrogen) atoms. The Labute approximate surface area is 287 Å². The molecule has 0 spiro atoms. The van der Waals surface area contributed by atoms with Crippen LogP contribution in [0, 0.1) is 0 Å². The maximum absolute atomic E-state index is 14.7. The molecule has 0 saturated heterocycles. The highest BCUT2D eigenvalue weighted by Crippen LogP contribution is 2.29. The lowest BCUT2D eigenvalue weighted by Crippen LogP contribution is -2.55. The molecule has 0 aliphatic heterocycles. The van der Waals surface area contributed by atoms with Crippen LogP contribution in [-0.4, -0.2) is 43.8 Å². The molecule has 7 nitrogen and oxygen atoms in total. The van der Waals surface area contributed by atoms with Crippen LogP contribution in [0.3, 0.4) is 0 Å². The molecule has 1 aliphatic carbocycles. The molecule has 0 unspecified atom stereocenters. The van der Waals surface area contributed by atoms with Crippen molar-refractivity contribution in [3.63, 3.8) is 0 Å². The first kappa shape index (κ1) is 34.4. The number of anilines is 1. The summed E-state index contributed by atoms with van der Waals surface area (Å²) in [6.07, 6.45) is 5.94. The third kappa shape index (κ3) is 8.90. The molecule has 1 aliphatic rings. The highest BCUT2D eigenvalue weighted by molar-refractivity contribution is 9.10. The zero-order valence-corrected chi connectivity index (χ0v) is 29.1. The summed E-state index contributed by atoms with van der Waals surface area (Å²) in [7, 11) is -4.14. The number of benzene rings is 4. The van der Waals surface area contributed by atoms with E-state index in [4.69, 9.17) is 0 Å². The predicted molar refractivity (Wildman–Crippen MR) is 190 cm³/mol. The largest absolute Gasteiger partial charge is 0.352 e. The number of hydrogen-bond acceptors (Lipinski definition) is 4. The molecule has 5 rings (SSSR count). The summed E-state index contributed by atoms with van der Waals surface area (Å²) in [5.41, 5.74) is 2.99. The van der Waals surface area contributed by atoms with Crippen LogP contribution >= 0.6 is 15.9 Å². The maximum atomic E-state index is 14.7. The van der Waals surface area contributed by atoms with Crippen LogP contribution in [-0.2, 0) is 39.0 Å². The number of nitrogens with zero attached hydrogens (tertiary/aromatic N) is 2. The van der Waals surface area contributed by atoms with Gasteiger partial charge in [0.1, 0.15) is 12.6 Å². The summed E-state index contributed by atoms with van der Waals surface area (Å²) in [5, 5.41) is 3.26. The Bertz CT molecular complexity index is 1730. The topological polar surface area (TPSA) is 86.8 Å². The molecule has 4 aromatic carbocycles. The number of hydrogen-bond donors (Lipinski definition) is 1. The first-order valence-electron chi connectivity index (χ1n) is 16.3. The number of amides is 2. The monoisotopic (exact) mass is 715 g/mol. The molecular formula is C38H42BrN3O4S. The van der Waals surface area contributed by atoms with Gasteiger partial charge in [-0.15, -0.1) is 0 Å². The van der Waals surface area contributed by atoms with Crippen LogP contribution in [0.5, 0.6) is 0 Å². The van der Waals surface area contributed by atoms with E-state index >= 15 is 0 Å². The lowest BCUT2D eigenvalue weighted by atomic mass is 9.94. The van der Waals surface area contributed by atoms with Crippen molar-refractivity contribution < 1.29 is 18.0 Å². The number of rotatable bonds is 13. The van der Waals surface area contributed by atoms with Crippen molar-refractivity contribution >= 4 is 43.5 Å². The Hall–Kier alpha value is -3.95. The summed E-state index contributed by atoms with van der Waals surface area (Å²) in [4.78, 5) is 30.6. The van der Waals surface area contributed by atoms with E-state index in [9.17, 15) is 18.0 Å². The number of carbonyl (C=O) groups is 2. The van der Waals surface area contributed by atoms with Gasteiger partial charge in [0.25, 0.3) is 10.0 Å². The number of sulfonamides is 1. The molecule has 1 fully saturated rings. The minimum atomic E-state index is -4.14. The van der Waals surface area contributed by atoms with Gasteiger partial charge in [-0.25, -0.2) is 8.42 Å². The molecule has 0 aromatic heterocycles. The Morgan fingerprint density at radius 3 is 2.09 bits per heavy atom. The van der Waals surface area contributed by atoms with Gasteiger partial charge in [0, 0.05) is 23.5 Å². The van der Waals surface area contributed by atoms with Crippen LogP contribution in [0.1, 0.15) is 55.7 Å². The van der Waals surface area contributed by atoms with E-state index in [1.54, 1.807) is 35.2 Å². The SMILES string of the molecule is CCc1ccccc1N(CC(=O)N(Cc1ccc(Br)cc1)[C@H](Cc1ccccc1)C(=O)NC1CCCCC1)S(=O)(=O)c1ccccc1. The van der Waals surface area contributed by atoms with Crippen molar-refractivity contribution in [2.45, 2.75) is 75.4 Å². The van der Waals surface area contributed by atoms with Crippen LogP contribution < -0.4 is 9.62 Å². The van der Waals surface area contributed by atoms with Crippen molar-refractivity contribution in [3.05, 3.63) is 130 Å². The zero-order valence-electron chi connectivity index (χ0n) is 26.7. The van der Waals surface area contributed by atoms with Gasteiger partial charge in [-0.1, -0.05) is 121 Å². The van der Waals surface area contributed by atoms with Gasteiger partial charge in [0.15, 0.2) is 0 Å². The zero-order chi connectivity index (χ0) is 33.2. The highest BCUT2D eigenvalue weighted by atomic mass is 79.9. The van der Waals surface area contributed by atoms with E-state index in [0.717, 1.165) is 53.3 Å².